The van der Waals surface area contributed by atoms with Gasteiger partial charge in [0.2, 0.25) is 11.8 Å². The van der Waals surface area contributed by atoms with Gasteiger partial charge in [0.05, 0.1) is 12.6 Å². The second kappa shape index (κ2) is 8.44. The van der Waals surface area contributed by atoms with Crippen LogP contribution in [-0.4, -0.2) is 28.4 Å². The van der Waals surface area contributed by atoms with Crippen molar-refractivity contribution in [1.29, 1.82) is 0 Å². The van der Waals surface area contributed by atoms with Gasteiger partial charge in [-0.05, 0) is 61.7 Å². The Morgan fingerprint density at radius 1 is 1.23 bits per heavy atom. The van der Waals surface area contributed by atoms with Crippen molar-refractivity contribution in [2.75, 3.05) is 6.54 Å². The van der Waals surface area contributed by atoms with Crippen molar-refractivity contribution in [3.05, 3.63) is 82.2 Å². The summed E-state index contributed by atoms with van der Waals surface area (Å²) in [5.74, 6) is 0.696. The normalized spacial score (nSPS) is 15.7. The third kappa shape index (κ3) is 3.90. The van der Waals surface area contributed by atoms with Gasteiger partial charge in [-0.25, -0.2) is 4.98 Å². The van der Waals surface area contributed by atoms with Crippen LogP contribution in [0.25, 0.3) is 11.1 Å². The van der Waals surface area contributed by atoms with Gasteiger partial charge >= 0.3 is 0 Å². The second-order valence-electron chi connectivity index (χ2n) is 7.82. The van der Waals surface area contributed by atoms with Crippen LogP contribution in [-0.2, 0) is 11.3 Å². The maximum absolute atomic E-state index is 12.5. The molecule has 3 aromatic rings. The Morgan fingerprint density at radius 3 is 2.77 bits per heavy atom. The Balaban J connectivity index is 1.85. The molecule has 0 bridgehead atoms. The number of fused-ring (bicyclic) bond motifs is 1. The SMILES string of the molecule is C=CC(=O)N1Cc2sc(C)cc2[C@@H](c2ccccc2-c2cccnc2OC(C)C)C1. The molecule has 1 aliphatic heterocycles. The number of thiophene rings is 1. The molecule has 0 unspecified atom stereocenters. The van der Waals surface area contributed by atoms with E-state index in [0.717, 1.165) is 11.1 Å². The molecule has 2 aromatic heterocycles. The number of aromatic nitrogens is 1. The van der Waals surface area contributed by atoms with Crippen LogP contribution in [0.15, 0.2) is 61.3 Å². The fourth-order valence-corrected chi connectivity index (χ4v) is 5.19. The summed E-state index contributed by atoms with van der Waals surface area (Å²) >= 11 is 1.77. The van der Waals surface area contributed by atoms with Crippen LogP contribution in [0.4, 0.5) is 0 Å². The van der Waals surface area contributed by atoms with Crippen LogP contribution < -0.4 is 4.74 Å². The molecule has 0 saturated carbocycles. The molecule has 1 amide bonds. The number of carbonyl (C=O) groups excluding carboxylic acids is 1. The monoisotopic (exact) mass is 418 g/mol. The zero-order valence-electron chi connectivity index (χ0n) is 17.6. The van der Waals surface area contributed by atoms with Crippen LogP contribution in [0.5, 0.6) is 5.88 Å². The molecule has 30 heavy (non-hydrogen) atoms. The molecular formula is C25H26N2O2S. The standard InChI is InChI=1S/C25H26N2O2S/c1-5-24(28)27-14-22(21-13-17(4)30-23(21)15-27)19-10-7-6-9-18(19)20-11-8-12-26-25(20)29-16(2)3/h5-13,16,22H,1,14-15H2,2-4H3/t22-/m1/s1. The van der Waals surface area contributed by atoms with Gasteiger partial charge in [0.25, 0.3) is 0 Å². The number of ether oxygens (including phenoxy) is 1. The fraction of sp³-hybridized carbons (Fsp3) is 0.280. The van der Waals surface area contributed by atoms with E-state index >= 15 is 0 Å². The molecular weight excluding hydrogens is 392 g/mol. The Morgan fingerprint density at radius 2 is 2.00 bits per heavy atom. The predicted molar refractivity (Wildman–Crippen MR) is 122 cm³/mol. The predicted octanol–water partition coefficient (Wildman–Crippen LogP) is 5.57. The molecule has 4 rings (SSSR count). The molecule has 3 heterocycles. The number of hydrogen-bond donors (Lipinski definition) is 0. The number of amides is 1. The Labute approximate surface area is 181 Å². The van der Waals surface area contributed by atoms with E-state index < -0.39 is 0 Å². The highest BCUT2D eigenvalue weighted by atomic mass is 32.1. The molecule has 0 spiro atoms. The third-order valence-corrected chi connectivity index (χ3v) is 6.36. The minimum atomic E-state index is -0.0283. The first-order valence-corrected chi connectivity index (χ1v) is 11.0. The minimum absolute atomic E-state index is 0.0283. The van der Waals surface area contributed by atoms with Crippen LogP contribution in [0.2, 0.25) is 0 Å². The van der Waals surface area contributed by atoms with Gasteiger partial charge in [-0.3, -0.25) is 4.79 Å². The molecule has 5 heteroatoms. The second-order valence-corrected chi connectivity index (χ2v) is 9.16. The highest BCUT2D eigenvalue weighted by molar-refractivity contribution is 7.12. The topological polar surface area (TPSA) is 42.4 Å². The number of hydrogen-bond acceptors (Lipinski definition) is 4. The van der Waals surface area contributed by atoms with Crippen LogP contribution >= 0.6 is 11.3 Å². The number of pyridine rings is 1. The van der Waals surface area contributed by atoms with Crippen molar-refractivity contribution < 1.29 is 9.53 Å². The van der Waals surface area contributed by atoms with Gasteiger partial charge in [-0.15, -0.1) is 11.3 Å². The summed E-state index contributed by atoms with van der Waals surface area (Å²) in [6, 6.07) is 14.6. The summed E-state index contributed by atoms with van der Waals surface area (Å²) in [5.41, 5.74) is 4.56. The summed E-state index contributed by atoms with van der Waals surface area (Å²) in [5, 5.41) is 0. The van der Waals surface area contributed by atoms with Gasteiger partial charge in [-0.2, -0.15) is 0 Å². The van der Waals surface area contributed by atoms with Gasteiger partial charge < -0.3 is 9.64 Å². The molecule has 0 aliphatic carbocycles. The fourth-order valence-electron chi connectivity index (χ4n) is 4.08. The van der Waals surface area contributed by atoms with Crippen molar-refractivity contribution in [1.82, 2.24) is 9.88 Å². The molecule has 4 nitrogen and oxygen atoms in total. The lowest BCUT2D eigenvalue weighted by Crippen LogP contribution is -2.37. The zero-order valence-corrected chi connectivity index (χ0v) is 18.4. The Bertz CT molecular complexity index is 1090. The van der Waals surface area contributed by atoms with E-state index in [1.54, 1.807) is 17.5 Å². The first kappa shape index (κ1) is 20.4. The Hall–Kier alpha value is -2.92. The lowest BCUT2D eigenvalue weighted by atomic mass is 9.84. The summed E-state index contributed by atoms with van der Waals surface area (Å²) in [4.78, 5) is 21.4. The average molecular weight is 419 g/mol. The molecule has 1 atom stereocenters. The summed E-state index contributed by atoms with van der Waals surface area (Å²) < 4.78 is 6.01. The molecule has 0 fully saturated rings. The van der Waals surface area contributed by atoms with Crippen LogP contribution in [0.3, 0.4) is 0 Å². The van der Waals surface area contributed by atoms with Gasteiger partial charge in [0.1, 0.15) is 0 Å². The van der Waals surface area contributed by atoms with Crippen LogP contribution in [0, 0.1) is 6.92 Å². The van der Waals surface area contributed by atoms with Crippen molar-refractivity contribution in [2.45, 2.75) is 39.3 Å². The Kier molecular flexibility index (Phi) is 5.73. The van der Waals surface area contributed by atoms with Crippen molar-refractivity contribution in [3.8, 4) is 17.0 Å². The highest BCUT2D eigenvalue weighted by Gasteiger charge is 2.31. The zero-order chi connectivity index (χ0) is 21.3. The minimum Gasteiger partial charge on any atom is -0.475 e. The number of nitrogens with zero attached hydrogens (tertiary/aromatic N) is 2. The van der Waals surface area contributed by atoms with E-state index in [0.29, 0.717) is 19.0 Å². The maximum Gasteiger partial charge on any atom is 0.246 e. The van der Waals surface area contributed by atoms with E-state index in [-0.39, 0.29) is 17.9 Å². The summed E-state index contributed by atoms with van der Waals surface area (Å²) in [6.45, 7) is 11.1. The smallest absolute Gasteiger partial charge is 0.246 e. The quantitative estimate of drug-likeness (QED) is 0.509. The van der Waals surface area contributed by atoms with E-state index in [4.69, 9.17) is 4.74 Å². The lowest BCUT2D eigenvalue weighted by Gasteiger charge is -2.33. The van der Waals surface area contributed by atoms with Crippen molar-refractivity contribution >= 4 is 17.2 Å². The molecule has 1 aromatic carbocycles. The third-order valence-electron chi connectivity index (χ3n) is 5.31. The number of benzene rings is 1. The van der Waals surface area contributed by atoms with Gasteiger partial charge in [0.15, 0.2) is 0 Å². The van der Waals surface area contributed by atoms with E-state index in [1.165, 1.54) is 27.0 Å². The average Bonchev–Trinajstić information content (AvgIpc) is 3.12. The summed E-state index contributed by atoms with van der Waals surface area (Å²) in [7, 11) is 0. The largest absolute Gasteiger partial charge is 0.475 e. The number of aryl methyl sites for hydroxylation is 1. The van der Waals surface area contributed by atoms with Crippen molar-refractivity contribution in [3.63, 3.8) is 0 Å². The first-order chi connectivity index (χ1) is 14.5. The highest BCUT2D eigenvalue weighted by Crippen LogP contribution is 2.42. The molecule has 154 valence electrons. The molecule has 0 saturated heterocycles. The van der Waals surface area contributed by atoms with E-state index in [9.17, 15) is 4.79 Å². The molecule has 1 aliphatic rings. The van der Waals surface area contributed by atoms with E-state index in [1.807, 2.05) is 30.9 Å². The first-order valence-electron chi connectivity index (χ1n) is 10.2. The van der Waals surface area contributed by atoms with Gasteiger partial charge in [-0.1, -0.05) is 30.8 Å². The van der Waals surface area contributed by atoms with Crippen molar-refractivity contribution in [2.24, 2.45) is 0 Å². The maximum atomic E-state index is 12.5. The molecule has 0 radical (unpaired) electrons. The van der Waals surface area contributed by atoms with Crippen LogP contribution in [0.1, 0.15) is 40.6 Å². The molecule has 0 N–H and O–H groups in total. The van der Waals surface area contributed by atoms with E-state index in [2.05, 4.69) is 48.8 Å². The number of rotatable bonds is 5. The van der Waals surface area contributed by atoms with Gasteiger partial charge in [0, 0.05) is 34.0 Å². The number of carbonyl (C=O) groups is 1. The summed E-state index contributed by atoms with van der Waals surface area (Å²) in [6.07, 6.45) is 3.20. The lowest BCUT2D eigenvalue weighted by molar-refractivity contribution is -0.127.